The molecule has 1 atom stereocenters. The van der Waals surface area contributed by atoms with E-state index in [1.54, 1.807) is 12.1 Å². The predicted molar refractivity (Wildman–Crippen MR) is 63.9 cm³/mol. The van der Waals surface area contributed by atoms with E-state index in [4.69, 9.17) is 10.8 Å². The van der Waals surface area contributed by atoms with Gasteiger partial charge in [-0.15, -0.1) is 0 Å². The topological polar surface area (TPSA) is 75.3 Å². The van der Waals surface area contributed by atoms with Crippen LogP contribution in [-0.4, -0.2) is 23.7 Å². The van der Waals surface area contributed by atoms with Gasteiger partial charge in [0.15, 0.2) is 0 Å². The summed E-state index contributed by atoms with van der Waals surface area (Å²) in [5.74, 6) is -0.0912. The highest BCUT2D eigenvalue weighted by atomic mass is 16.3. The van der Waals surface area contributed by atoms with Crippen LogP contribution >= 0.6 is 0 Å². The largest absolute Gasteiger partial charge is 0.399 e. The molecule has 16 heavy (non-hydrogen) atoms. The monoisotopic (exact) mass is 222 g/mol. The molecule has 1 aromatic carbocycles. The van der Waals surface area contributed by atoms with Crippen LogP contribution in [0, 0.1) is 0 Å². The van der Waals surface area contributed by atoms with Crippen LogP contribution in [0.4, 0.5) is 5.69 Å². The summed E-state index contributed by atoms with van der Waals surface area (Å²) in [6.45, 7) is 1.89. The second-order valence-corrected chi connectivity index (χ2v) is 3.78. The molecule has 88 valence electrons. The summed E-state index contributed by atoms with van der Waals surface area (Å²) in [5.41, 5.74) is 7.15. The molecule has 0 spiro atoms. The highest BCUT2D eigenvalue weighted by molar-refractivity contribution is 5.79. The van der Waals surface area contributed by atoms with Gasteiger partial charge in [-0.05, 0) is 24.1 Å². The Labute approximate surface area is 95.5 Å². The number of amides is 1. The van der Waals surface area contributed by atoms with Gasteiger partial charge >= 0.3 is 0 Å². The summed E-state index contributed by atoms with van der Waals surface area (Å²) in [5, 5.41) is 11.7. The number of nitrogen functional groups attached to an aromatic ring is 1. The zero-order valence-corrected chi connectivity index (χ0v) is 9.44. The van der Waals surface area contributed by atoms with E-state index in [0.717, 1.165) is 12.0 Å². The van der Waals surface area contributed by atoms with Crippen LogP contribution in [-0.2, 0) is 11.2 Å². The molecular formula is C12H18N2O2. The molecule has 0 aliphatic carbocycles. The van der Waals surface area contributed by atoms with Crippen molar-refractivity contribution in [1.29, 1.82) is 0 Å². The minimum absolute atomic E-state index is 0.0286. The lowest BCUT2D eigenvalue weighted by Crippen LogP contribution is -2.37. The van der Waals surface area contributed by atoms with Crippen LogP contribution in [0.2, 0.25) is 0 Å². The van der Waals surface area contributed by atoms with Gasteiger partial charge in [0, 0.05) is 5.69 Å². The van der Waals surface area contributed by atoms with E-state index in [2.05, 4.69) is 5.32 Å². The van der Waals surface area contributed by atoms with Gasteiger partial charge in [-0.2, -0.15) is 0 Å². The molecule has 0 bridgehead atoms. The van der Waals surface area contributed by atoms with Gasteiger partial charge in [-0.3, -0.25) is 4.79 Å². The number of aliphatic hydroxyl groups excluding tert-OH is 1. The van der Waals surface area contributed by atoms with Crippen molar-refractivity contribution < 1.29 is 9.90 Å². The number of aliphatic hydroxyl groups is 1. The number of nitrogens with one attached hydrogen (secondary N) is 1. The Balaban J connectivity index is 2.51. The predicted octanol–water partition coefficient (Wildman–Crippen LogP) is 0.698. The van der Waals surface area contributed by atoms with Crippen LogP contribution in [0.15, 0.2) is 24.3 Å². The molecule has 0 heterocycles. The Bertz CT molecular complexity index is 349. The maximum Gasteiger partial charge on any atom is 0.224 e. The third-order valence-electron chi connectivity index (χ3n) is 2.39. The maximum absolute atomic E-state index is 11.6. The van der Waals surface area contributed by atoms with Crippen molar-refractivity contribution in [3.05, 3.63) is 29.8 Å². The number of carbonyl (C=O) groups excluding carboxylic acids is 1. The third kappa shape index (κ3) is 3.90. The number of carbonyl (C=O) groups is 1. The fraction of sp³-hybridized carbons (Fsp3) is 0.417. The molecule has 0 saturated heterocycles. The van der Waals surface area contributed by atoms with Crippen molar-refractivity contribution in [2.45, 2.75) is 25.8 Å². The molecule has 0 aromatic heterocycles. The van der Waals surface area contributed by atoms with E-state index < -0.39 is 0 Å². The number of anilines is 1. The standard InChI is InChI=1S/C12H18N2O2/c1-2-11(8-15)14-12(16)7-9-4-3-5-10(13)6-9/h3-6,11,15H,2,7-8,13H2,1H3,(H,14,16)/t11-/m0/s1. The number of benzene rings is 1. The van der Waals surface area contributed by atoms with Gasteiger partial charge < -0.3 is 16.2 Å². The average molecular weight is 222 g/mol. The van der Waals surface area contributed by atoms with Crippen LogP contribution < -0.4 is 11.1 Å². The summed E-state index contributed by atoms with van der Waals surface area (Å²) in [6, 6.07) is 7.08. The highest BCUT2D eigenvalue weighted by Crippen LogP contribution is 2.07. The number of hydrogen-bond acceptors (Lipinski definition) is 3. The Morgan fingerprint density at radius 2 is 2.31 bits per heavy atom. The third-order valence-corrected chi connectivity index (χ3v) is 2.39. The Morgan fingerprint density at radius 1 is 1.56 bits per heavy atom. The molecule has 1 amide bonds. The molecule has 0 fully saturated rings. The van der Waals surface area contributed by atoms with Crippen molar-refractivity contribution in [1.82, 2.24) is 5.32 Å². The molecule has 0 unspecified atom stereocenters. The van der Waals surface area contributed by atoms with Crippen LogP contribution in [0.3, 0.4) is 0 Å². The molecule has 0 radical (unpaired) electrons. The van der Waals surface area contributed by atoms with Crippen molar-refractivity contribution in [2.75, 3.05) is 12.3 Å². The van der Waals surface area contributed by atoms with E-state index in [0.29, 0.717) is 12.1 Å². The molecule has 1 aromatic rings. The zero-order chi connectivity index (χ0) is 12.0. The second-order valence-electron chi connectivity index (χ2n) is 3.78. The van der Waals surface area contributed by atoms with Crippen LogP contribution in [0.25, 0.3) is 0 Å². The minimum atomic E-state index is -0.159. The molecule has 0 aliphatic heterocycles. The normalized spacial score (nSPS) is 12.1. The Kier molecular flexibility index (Phi) is 4.79. The molecule has 4 heteroatoms. The van der Waals surface area contributed by atoms with Gasteiger partial charge in [-0.25, -0.2) is 0 Å². The molecule has 1 rings (SSSR count). The van der Waals surface area contributed by atoms with E-state index in [-0.39, 0.29) is 18.6 Å². The van der Waals surface area contributed by atoms with E-state index >= 15 is 0 Å². The highest BCUT2D eigenvalue weighted by Gasteiger charge is 2.09. The van der Waals surface area contributed by atoms with Gasteiger partial charge in [0.05, 0.1) is 19.1 Å². The van der Waals surface area contributed by atoms with E-state index in [9.17, 15) is 4.79 Å². The van der Waals surface area contributed by atoms with Gasteiger partial charge in [0.25, 0.3) is 0 Å². The van der Waals surface area contributed by atoms with Crippen molar-refractivity contribution >= 4 is 11.6 Å². The first kappa shape index (κ1) is 12.5. The molecule has 4 nitrogen and oxygen atoms in total. The average Bonchev–Trinajstić information content (AvgIpc) is 2.26. The summed E-state index contributed by atoms with van der Waals surface area (Å²) in [4.78, 5) is 11.6. The quantitative estimate of drug-likeness (QED) is 0.642. The summed E-state index contributed by atoms with van der Waals surface area (Å²) in [6.07, 6.45) is 1.01. The lowest BCUT2D eigenvalue weighted by atomic mass is 10.1. The number of hydrogen-bond donors (Lipinski definition) is 3. The first-order valence-electron chi connectivity index (χ1n) is 5.40. The smallest absolute Gasteiger partial charge is 0.224 e. The summed E-state index contributed by atoms with van der Waals surface area (Å²) >= 11 is 0. The number of rotatable bonds is 5. The first-order valence-corrected chi connectivity index (χ1v) is 5.40. The van der Waals surface area contributed by atoms with E-state index in [1.165, 1.54) is 0 Å². The van der Waals surface area contributed by atoms with Crippen molar-refractivity contribution in [2.24, 2.45) is 0 Å². The summed E-state index contributed by atoms with van der Waals surface area (Å²) in [7, 11) is 0. The fourth-order valence-electron chi connectivity index (χ4n) is 1.44. The van der Waals surface area contributed by atoms with E-state index in [1.807, 2.05) is 19.1 Å². The van der Waals surface area contributed by atoms with Gasteiger partial charge in [0.1, 0.15) is 0 Å². The molecule has 0 aliphatic rings. The van der Waals surface area contributed by atoms with Gasteiger partial charge in [0.2, 0.25) is 5.91 Å². The Morgan fingerprint density at radius 3 is 2.88 bits per heavy atom. The maximum atomic E-state index is 11.6. The first-order chi connectivity index (χ1) is 7.65. The van der Waals surface area contributed by atoms with Crippen LogP contribution in [0.1, 0.15) is 18.9 Å². The molecular weight excluding hydrogens is 204 g/mol. The Hall–Kier alpha value is -1.55. The number of nitrogens with two attached hydrogens (primary N) is 1. The fourth-order valence-corrected chi connectivity index (χ4v) is 1.44. The lowest BCUT2D eigenvalue weighted by Gasteiger charge is -2.13. The van der Waals surface area contributed by atoms with Crippen molar-refractivity contribution in [3.8, 4) is 0 Å². The van der Waals surface area contributed by atoms with Crippen molar-refractivity contribution in [3.63, 3.8) is 0 Å². The summed E-state index contributed by atoms with van der Waals surface area (Å²) < 4.78 is 0. The molecule has 0 saturated carbocycles. The SMILES string of the molecule is CC[C@@H](CO)NC(=O)Cc1cccc(N)c1. The van der Waals surface area contributed by atoms with Crippen LogP contribution in [0.5, 0.6) is 0 Å². The van der Waals surface area contributed by atoms with Gasteiger partial charge in [-0.1, -0.05) is 19.1 Å². The lowest BCUT2D eigenvalue weighted by molar-refractivity contribution is -0.121. The minimum Gasteiger partial charge on any atom is -0.399 e. The zero-order valence-electron chi connectivity index (χ0n) is 9.44. The second kappa shape index (κ2) is 6.12. The molecule has 4 N–H and O–H groups in total.